The van der Waals surface area contributed by atoms with Crippen molar-refractivity contribution in [3.05, 3.63) is 72.1 Å². The monoisotopic (exact) mass is 264 g/mol. The molecule has 0 radical (unpaired) electrons. The highest BCUT2D eigenvalue weighted by atomic mass is 16.1. The number of carbonyl (C=O) groups excluding carboxylic acids is 1. The molecule has 0 bridgehead atoms. The molecule has 0 spiro atoms. The highest BCUT2D eigenvalue weighted by Gasteiger charge is 2.17. The highest BCUT2D eigenvalue weighted by Crippen LogP contribution is 2.12. The van der Waals surface area contributed by atoms with Crippen LogP contribution in [0.15, 0.2) is 55.0 Å². The third kappa shape index (κ3) is 2.21. The molecule has 0 aliphatic heterocycles. The lowest BCUT2D eigenvalue weighted by Crippen LogP contribution is -2.13. The summed E-state index contributed by atoms with van der Waals surface area (Å²) in [5.41, 5.74) is 2.19. The summed E-state index contributed by atoms with van der Waals surface area (Å²) in [6.07, 6.45) is 4.85. The van der Waals surface area contributed by atoms with Crippen molar-refractivity contribution in [2.75, 3.05) is 0 Å². The molecule has 3 rings (SSSR count). The van der Waals surface area contributed by atoms with Crippen LogP contribution in [0.1, 0.15) is 21.9 Å². The van der Waals surface area contributed by atoms with Gasteiger partial charge in [-0.1, -0.05) is 18.2 Å². The summed E-state index contributed by atoms with van der Waals surface area (Å²) in [5.74, 6) is -0.0698. The SMILES string of the molecule is Cc1cnc(C(=O)c2ccnn2-c2ccccc2)nc1. The number of aromatic nitrogens is 4. The molecule has 98 valence electrons. The maximum absolute atomic E-state index is 12.4. The average molecular weight is 264 g/mol. The first-order chi connectivity index (χ1) is 9.75. The van der Waals surface area contributed by atoms with E-state index in [-0.39, 0.29) is 11.6 Å². The van der Waals surface area contributed by atoms with E-state index in [1.807, 2.05) is 37.3 Å². The first-order valence-corrected chi connectivity index (χ1v) is 6.18. The van der Waals surface area contributed by atoms with Crippen LogP contribution in [0.4, 0.5) is 0 Å². The smallest absolute Gasteiger partial charge is 0.248 e. The van der Waals surface area contributed by atoms with Gasteiger partial charge < -0.3 is 0 Å². The first kappa shape index (κ1) is 12.2. The Morgan fingerprint density at radius 1 is 1.05 bits per heavy atom. The molecule has 5 heteroatoms. The van der Waals surface area contributed by atoms with E-state index in [4.69, 9.17) is 0 Å². The van der Waals surface area contributed by atoms with Gasteiger partial charge in [-0.3, -0.25) is 4.79 Å². The number of ketones is 1. The van der Waals surface area contributed by atoms with Gasteiger partial charge in [0, 0.05) is 12.4 Å². The third-order valence-electron chi connectivity index (χ3n) is 2.86. The topological polar surface area (TPSA) is 60.7 Å². The van der Waals surface area contributed by atoms with Gasteiger partial charge in [0.15, 0.2) is 0 Å². The van der Waals surface area contributed by atoms with E-state index >= 15 is 0 Å². The second-order valence-corrected chi connectivity index (χ2v) is 4.38. The Morgan fingerprint density at radius 2 is 1.75 bits per heavy atom. The molecule has 20 heavy (non-hydrogen) atoms. The van der Waals surface area contributed by atoms with E-state index in [0.29, 0.717) is 5.69 Å². The van der Waals surface area contributed by atoms with E-state index in [0.717, 1.165) is 11.3 Å². The van der Waals surface area contributed by atoms with Crippen LogP contribution in [-0.2, 0) is 0 Å². The van der Waals surface area contributed by atoms with E-state index in [2.05, 4.69) is 15.1 Å². The van der Waals surface area contributed by atoms with E-state index in [9.17, 15) is 4.79 Å². The van der Waals surface area contributed by atoms with Crippen LogP contribution >= 0.6 is 0 Å². The zero-order valence-electron chi connectivity index (χ0n) is 10.9. The van der Waals surface area contributed by atoms with E-state index in [1.54, 1.807) is 29.3 Å². The number of carbonyl (C=O) groups is 1. The fourth-order valence-corrected chi connectivity index (χ4v) is 1.87. The minimum atomic E-state index is -0.244. The van der Waals surface area contributed by atoms with Crippen molar-refractivity contribution in [1.29, 1.82) is 0 Å². The molecule has 3 aromatic rings. The third-order valence-corrected chi connectivity index (χ3v) is 2.86. The molecule has 1 aromatic carbocycles. The van der Waals surface area contributed by atoms with Crippen molar-refractivity contribution in [2.24, 2.45) is 0 Å². The molecule has 0 unspecified atom stereocenters. The van der Waals surface area contributed by atoms with Gasteiger partial charge in [0.1, 0.15) is 5.69 Å². The molecule has 0 N–H and O–H groups in total. The molecule has 0 atom stereocenters. The van der Waals surface area contributed by atoms with Gasteiger partial charge in [-0.15, -0.1) is 0 Å². The molecule has 2 aromatic heterocycles. The van der Waals surface area contributed by atoms with Crippen LogP contribution in [0.25, 0.3) is 5.69 Å². The van der Waals surface area contributed by atoms with Crippen LogP contribution in [0.2, 0.25) is 0 Å². The minimum absolute atomic E-state index is 0.174. The van der Waals surface area contributed by atoms with Gasteiger partial charge in [-0.25, -0.2) is 14.6 Å². The van der Waals surface area contributed by atoms with Gasteiger partial charge in [0.05, 0.1) is 11.9 Å². The Labute approximate surface area is 115 Å². The lowest BCUT2D eigenvalue weighted by Gasteiger charge is -2.05. The standard InChI is InChI=1S/C15H12N4O/c1-11-9-16-15(17-10-11)14(20)13-7-8-18-19(13)12-5-3-2-4-6-12/h2-10H,1H3. The molecule has 0 saturated heterocycles. The largest absolute Gasteiger partial charge is 0.283 e. The summed E-state index contributed by atoms with van der Waals surface area (Å²) in [6.45, 7) is 1.88. The van der Waals surface area contributed by atoms with Crippen LogP contribution < -0.4 is 0 Å². The number of nitrogens with zero attached hydrogens (tertiary/aromatic N) is 4. The summed E-state index contributed by atoms with van der Waals surface area (Å²) in [4.78, 5) is 20.6. The fraction of sp³-hybridized carbons (Fsp3) is 0.0667. The Balaban J connectivity index is 2.02. The van der Waals surface area contributed by atoms with Gasteiger partial charge in [0.2, 0.25) is 11.6 Å². The summed E-state index contributed by atoms with van der Waals surface area (Å²) in [7, 11) is 0. The Kier molecular flexibility index (Phi) is 3.09. The Bertz CT molecular complexity index is 732. The second kappa shape index (κ2) is 5.05. The van der Waals surface area contributed by atoms with Gasteiger partial charge in [0.25, 0.3) is 0 Å². The van der Waals surface area contributed by atoms with Gasteiger partial charge in [-0.05, 0) is 30.7 Å². The molecular formula is C15H12N4O. The van der Waals surface area contributed by atoms with Crippen molar-refractivity contribution in [3.63, 3.8) is 0 Å². The zero-order valence-corrected chi connectivity index (χ0v) is 10.9. The Morgan fingerprint density at radius 3 is 2.45 bits per heavy atom. The maximum atomic E-state index is 12.4. The molecule has 0 fully saturated rings. The highest BCUT2D eigenvalue weighted by molar-refractivity contribution is 6.05. The number of hydrogen-bond donors (Lipinski definition) is 0. The normalized spacial score (nSPS) is 10.4. The number of para-hydroxylation sites is 1. The quantitative estimate of drug-likeness (QED) is 0.680. The number of benzene rings is 1. The van der Waals surface area contributed by atoms with Crippen molar-refractivity contribution in [3.8, 4) is 5.69 Å². The van der Waals surface area contributed by atoms with E-state index < -0.39 is 0 Å². The summed E-state index contributed by atoms with van der Waals surface area (Å²) >= 11 is 0. The van der Waals surface area contributed by atoms with Crippen molar-refractivity contribution >= 4 is 5.78 Å². The zero-order chi connectivity index (χ0) is 13.9. The molecule has 0 amide bonds. The minimum Gasteiger partial charge on any atom is -0.283 e. The van der Waals surface area contributed by atoms with Crippen molar-refractivity contribution in [1.82, 2.24) is 19.7 Å². The van der Waals surface area contributed by atoms with Crippen molar-refractivity contribution in [2.45, 2.75) is 6.92 Å². The molecule has 0 aliphatic rings. The van der Waals surface area contributed by atoms with Crippen LogP contribution in [0, 0.1) is 6.92 Å². The molecule has 2 heterocycles. The summed E-state index contributed by atoms with van der Waals surface area (Å²) in [6, 6.07) is 11.1. The summed E-state index contributed by atoms with van der Waals surface area (Å²) in [5, 5.41) is 4.19. The maximum Gasteiger partial charge on any atom is 0.248 e. The lowest BCUT2D eigenvalue weighted by atomic mass is 10.2. The number of aryl methyl sites for hydroxylation is 1. The predicted octanol–water partition coefficient (Wildman–Crippen LogP) is 2.20. The van der Waals surface area contributed by atoms with Crippen molar-refractivity contribution < 1.29 is 4.79 Å². The van der Waals surface area contributed by atoms with Crippen LogP contribution in [0.5, 0.6) is 0 Å². The number of hydrogen-bond acceptors (Lipinski definition) is 4. The predicted molar refractivity (Wildman–Crippen MR) is 73.8 cm³/mol. The van der Waals surface area contributed by atoms with Gasteiger partial charge >= 0.3 is 0 Å². The van der Waals surface area contributed by atoms with Crippen LogP contribution in [0.3, 0.4) is 0 Å². The lowest BCUT2D eigenvalue weighted by molar-refractivity contribution is 0.102. The molecular weight excluding hydrogens is 252 g/mol. The van der Waals surface area contributed by atoms with Gasteiger partial charge in [-0.2, -0.15) is 5.10 Å². The van der Waals surface area contributed by atoms with E-state index in [1.165, 1.54) is 0 Å². The number of rotatable bonds is 3. The second-order valence-electron chi connectivity index (χ2n) is 4.38. The summed E-state index contributed by atoms with van der Waals surface area (Å²) < 4.78 is 1.59. The Hall–Kier alpha value is -2.82. The fourth-order valence-electron chi connectivity index (χ4n) is 1.87. The first-order valence-electron chi connectivity index (χ1n) is 6.18. The molecule has 5 nitrogen and oxygen atoms in total. The molecule has 0 aliphatic carbocycles. The van der Waals surface area contributed by atoms with Crippen LogP contribution in [-0.4, -0.2) is 25.5 Å². The molecule has 0 saturated carbocycles. The average Bonchev–Trinajstić information content (AvgIpc) is 2.97.